The largest absolute Gasteiger partial charge is 0.355 e. The molecule has 0 bridgehead atoms. The van der Waals surface area contributed by atoms with E-state index in [1.807, 2.05) is 25.8 Å². The van der Waals surface area contributed by atoms with Gasteiger partial charge in [-0.05, 0) is 98.4 Å². The van der Waals surface area contributed by atoms with Crippen LogP contribution in [0.1, 0.15) is 49.3 Å². The third-order valence-corrected chi connectivity index (χ3v) is 8.62. The molecule has 0 spiro atoms. The predicted octanol–water partition coefficient (Wildman–Crippen LogP) is 8.94. The summed E-state index contributed by atoms with van der Waals surface area (Å²) in [6.07, 6.45) is 12.5. The summed E-state index contributed by atoms with van der Waals surface area (Å²) < 4.78 is 14.3. The molecular formula is C31H36FN2OP. The first-order valence-corrected chi connectivity index (χ1v) is 14.3. The van der Waals surface area contributed by atoms with Gasteiger partial charge >= 0.3 is 0 Å². The van der Waals surface area contributed by atoms with Gasteiger partial charge in [0.2, 0.25) is 0 Å². The number of carbonyl (C=O) groups is 1. The summed E-state index contributed by atoms with van der Waals surface area (Å²) in [7, 11) is -0.0376. The molecular weight excluding hydrogens is 466 g/mol. The van der Waals surface area contributed by atoms with Crippen LogP contribution in [0.3, 0.4) is 0 Å². The Balaban J connectivity index is 0.000000452. The summed E-state index contributed by atoms with van der Waals surface area (Å²) in [5, 5.41) is 3.59. The zero-order valence-corrected chi connectivity index (χ0v) is 22.3. The second-order valence-corrected chi connectivity index (χ2v) is 11.3. The zero-order valence-electron chi connectivity index (χ0n) is 21.4. The van der Waals surface area contributed by atoms with Crippen LogP contribution in [-0.2, 0) is 17.4 Å². The number of hydrogen-bond donors (Lipinski definition) is 1. The number of fused-ring (bicyclic) bond motifs is 1. The summed E-state index contributed by atoms with van der Waals surface area (Å²) in [5.41, 5.74) is 8.67. The van der Waals surface area contributed by atoms with Crippen LogP contribution < -0.4 is 5.32 Å². The van der Waals surface area contributed by atoms with Gasteiger partial charge in [0.15, 0.2) is 0 Å². The third kappa shape index (κ3) is 7.21. The van der Waals surface area contributed by atoms with Gasteiger partial charge in [-0.15, -0.1) is 0 Å². The Labute approximate surface area is 216 Å². The first-order chi connectivity index (χ1) is 17.5. The van der Waals surface area contributed by atoms with E-state index >= 15 is 0 Å². The molecule has 1 fully saturated rings. The summed E-state index contributed by atoms with van der Waals surface area (Å²) in [5.74, 6) is 2.14. The van der Waals surface area contributed by atoms with E-state index in [0.29, 0.717) is 5.69 Å². The van der Waals surface area contributed by atoms with Gasteiger partial charge in [0.1, 0.15) is 18.3 Å². The quantitative estimate of drug-likeness (QED) is 0.280. The molecule has 3 aromatic rings. The van der Waals surface area contributed by atoms with E-state index in [0.717, 1.165) is 41.5 Å². The van der Waals surface area contributed by atoms with E-state index in [1.165, 1.54) is 48.2 Å². The van der Waals surface area contributed by atoms with Crippen molar-refractivity contribution < 1.29 is 9.18 Å². The number of hydrogen-bond acceptors (Lipinski definition) is 3. The number of halogens is 1. The lowest BCUT2D eigenvalue weighted by Crippen LogP contribution is -2.08. The Morgan fingerprint density at radius 1 is 1.11 bits per heavy atom. The highest BCUT2D eigenvalue weighted by molar-refractivity contribution is 7.60. The normalized spacial score (nSPS) is 16.1. The molecule has 188 valence electrons. The van der Waals surface area contributed by atoms with E-state index in [9.17, 15) is 4.39 Å². The highest BCUT2D eigenvalue weighted by Crippen LogP contribution is 2.47. The molecule has 5 rings (SSSR count). The fourth-order valence-electron chi connectivity index (χ4n) is 4.25. The van der Waals surface area contributed by atoms with Crippen LogP contribution >= 0.6 is 7.92 Å². The van der Waals surface area contributed by atoms with E-state index in [-0.39, 0.29) is 13.7 Å². The Morgan fingerprint density at radius 3 is 2.56 bits per heavy atom. The minimum absolute atomic E-state index is 0.0376. The van der Waals surface area contributed by atoms with Gasteiger partial charge in [0.05, 0.1) is 0 Å². The lowest BCUT2D eigenvalue weighted by molar-refractivity contribution is -0.0979. The van der Waals surface area contributed by atoms with Gasteiger partial charge in [0.25, 0.3) is 0 Å². The number of aromatic nitrogens is 1. The Morgan fingerprint density at radius 2 is 1.89 bits per heavy atom. The minimum atomic E-state index is -0.293. The molecule has 0 saturated heterocycles. The summed E-state index contributed by atoms with van der Waals surface area (Å²) in [4.78, 5) is 12.3. The predicted molar refractivity (Wildman–Crippen MR) is 153 cm³/mol. The highest BCUT2D eigenvalue weighted by Gasteiger charge is 2.19. The molecule has 1 unspecified atom stereocenters. The van der Waals surface area contributed by atoms with Crippen molar-refractivity contribution in [1.82, 2.24) is 4.98 Å². The van der Waals surface area contributed by atoms with Crippen LogP contribution in [0.2, 0.25) is 0 Å². The number of carbonyl (C=O) groups excluding carboxylic acids is 1. The lowest BCUT2D eigenvalue weighted by Gasteiger charge is -2.25. The zero-order chi connectivity index (χ0) is 25.9. The molecule has 1 aliphatic carbocycles. The number of benzene rings is 2. The molecule has 1 aromatic heterocycles. The van der Waals surface area contributed by atoms with Crippen LogP contribution in [0.5, 0.6) is 0 Å². The maximum absolute atomic E-state index is 14.3. The van der Waals surface area contributed by atoms with Crippen molar-refractivity contribution in [3.05, 3.63) is 101 Å². The number of allylic oxidation sites excluding steroid dienone is 2. The van der Waals surface area contributed by atoms with Crippen LogP contribution in [-0.4, -0.2) is 17.9 Å². The van der Waals surface area contributed by atoms with Gasteiger partial charge < -0.3 is 10.1 Å². The fraction of sp³-hybridized carbons (Fsp3) is 0.290. The Bertz CT molecular complexity index is 1200. The van der Waals surface area contributed by atoms with E-state index in [2.05, 4.69) is 60.0 Å². The highest BCUT2D eigenvalue weighted by atomic mass is 31.1. The maximum Gasteiger partial charge on any atom is 0.149 e. The second kappa shape index (κ2) is 13.8. The second-order valence-electron chi connectivity index (χ2n) is 9.05. The molecule has 1 saturated carbocycles. The summed E-state index contributed by atoms with van der Waals surface area (Å²) >= 11 is 0. The molecule has 1 aliphatic heterocycles. The number of rotatable bonds is 5. The molecule has 2 aliphatic rings. The van der Waals surface area contributed by atoms with Crippen LogP contribution in [0.15, 0.2) is 78.8 Å². The molecule has 1 N–H and O–H groups in total. The molecule has 2 aromatic carbocycles. The first-order valence-electron chi connectivity index (χ1n) is 12.5. The van der Waals surface area contributed by atoms with Crippen molar-refractivity contribution in [2.45, 2.75) is 52.1 Å². The maximum atomic E-state index is 14.3. The average molecular weight is 503 g/mol. The number of aryl methyl sites for hydroxylation is 1. The van der Waals surface area contributed by atoms with Gasteiger partial charge in [-0.1, -0.05) is 57.1 Å². The van der Waals surface area contributed by atoms with Gasteiger partial charge in [-0.2, -0.15) is 0 Å². The number of anilines is 2. The lowest BCUT2D eigenvalue weighted by atomic mass is 9.95. The third-order valence-electron chi connectivity index (χ3n) is 6.44. The average Bonchev–Trinajstić information content (AvgIpc) is 2.89. The number of pyridine rings is 1. The molecule has 3 nitrogen and oxygen atoms in total. The Hall–Kier alpha value is -3.10. The van der Waals surface area contributed by atoms with Crippen LogP contribution in [0.25, 0.3) is 11.3 Å². The monoisotopic (exact) mass is 502 g/mol. The van der Waals surface area contributed by atoms with Crippen molar-refractivity contribution >= 4 is 26.1 Å². The first kappa shape index (κ1) is 27.5. The SMILES string of the molecule is C=C1CCC1.C=O.CC/C=C/P1CCc2c(cccc2Nc2ccc(C)c(-c3ncccc3F)c2)C1. The van der Waals surface area contributed by atoms with Crippen LogP contribution in [0, 0.1) is 12.7 Å². The Kier molecular flexibility index (Phi) is 10.6. The molecule has 0 amide bonds. The standard InChI is InChI=1S/C25H26FN2P.C5H8.CH2O/c1-3-4-14-29-15-12-21-19(17-29)7-5-9-24(21)28-20-11-10-18(2)22(16-20)25-23(26)8-6-13-27-25;1-5-3-2-4-5;1-2/h4-11,13-14,16,28H,3,12,15,17H2,1-2H3;1-4H2;1H2/b14-4+;;. The number of nitrogens with zero attached hydrogens (tertiary/aromatic N) is 1. The minimum Gasteiger partial charge on any atom is -0.355 e. The van der Waals surface area contributed by atoms with Crippen molar-refractivity contribution in [3.63, 3.8) is 0 Å². The van der Waals surface area contributed by atoms with Crippen molar-refractivity contribution in [1.29, 1.82) is 0 Å². The molecule has 0 radical (unpaired) electrons. The molecule has 2 heterocycles. The molecule has 36 heavy (non-hydrogen) atoms. The van der Waals surface area contributed by atoms with E-state index in [4.69, 9.17) is 4.79 Å². The summed E-state index contributed by atoms with van der Waals surface area (Å²) in [6, 6.07) is 15.7. The van der Waals surface area contributed by atoms with Crippen molar-refractivity contribution in [2.24, 2.45) is 0 Å². The van der Waals surface area contributed by atoms with Gasteiger partial charge in [-0.3, -0.25) is 4.98 Å². The van der Waals surface area contributed by atoms with Crippen molar-refractivity contribution in [3.8, 4) is 11.3 Å². The van der Waals surface area contributed by atoms with Crippen LogP contribution in [0.4, 0.5) is 15.8 Å². The number of nitrogens with one attached hydrogen (secondary N) is 1. The van der Waals surface area contributed by atoms with E-state index < -0.39 is 0 Å². The van der Waals surface area contributed by atoms with Gasteiger partial charge in [0, 0.05) is 23.1 Å². The molecule has 1 atom stereocenters. The van der Waals surface area contributed by atoms with Crippen molar-refractivity contribution in [2.75, 3.05) is 11.5 Å². The van der Waals surface area contributed by atoms with E-state index in [1.54, 1.807) is 12.3 Å². The molecule has 5 heteroatoms. The fourth-order valence-corrected chi connectivity index (χ4v) is 6.42. The smallest absolute Gasteiger partial charge is 0.149 e. The topological polar surface area (TPSA) is 42.0 Å². The van der Waals surface area contributed by atoms with Gasteiger partial charge in [-0.25, -0.2) is 4.39 Å². The summed E-state index contributed by atoms with van der Waals surface area (Å²) in [6.45, 7) is 9.94.